The van der Waals surface area contributed by atoms with Crippen molar-refractivity contribution in [3.05, 3.63) is 57.1 Å². The molecule has 0 saturated heterocycles. The molecule has 108 valence electrons. The Morgan fingerprint density at radius 1 is 0.619 bits per heavy atom. The summed E-state index contributed by atoms with van der Waals surface area (Å²) >= 11 is 3.96. The maximum Gasteiger partial charge on any atom is 0.0245 e. The predicted molar refractivity (Wildman–Crippen MR) is 92.9 cm³/mol. The van der Waals surface area contributed by atoms with Gasteiger partial charge in [0.2, 0.25) is 0 Å². The molecule has 0 amide bonds. The minimum atomic E-state index is 1.25. The zero-order chi connectivity index (χ0) is 14.2. The minimum absolute atomic E-state index is 1.25. The fraction of sp³-hybridized carbons (Fsp3) is 0.400. The largest absolute Gasteiger partial charge is 0.0622 e. The summed E-state index contributed by atoms with van der Waals surface area (Å²) in [6, 6.07) is 11.1. The van der Waals surface area contributed by atoms with E-state index in [4.69, 9.17) is 0 Å². The van der Waals surface area contributed by atoms with Crippen molar-refractivity contribution in [3.63, 3.8) is 0 Å². The number of fused-ring (bicyclic) bond motifs is 2. The smallest absolute Gasteiger partial charge is 0.0245 e. The van der Waals surface area contributed by atoms with E-state index in [-0.39, 0.29) is 0 Å². The highest BCUT2D eigenvalue weighted by Crippen LogP contribution is 2.44. The van der Waals surface area contributed by atoms with Crippen LogP contribution < -0.4 is 0 Å². The lowest BCUT2D eigenvalue weighted by molar-refractivity contribution is 0.656. The molecule has 0 spiro atoms. The molecule has 2 aliphatic carbocycles. The molecule has 0 aliphatic heterocycles. The molecule has 0 bridgehead atoms. The second-order valence-electron chi connectivity index (χ2n) is 6.38. The van der Waals surface area contributed by atoms with Gasteiger partial charge in [0.1, 0.15) is 0 Å². The van der Waals surface area contributed by atoms with E-state index in [9.17, 15) is 0 Å². The standard InChI is InChI=1S/C20H21Br/c21-20-17-12-6-4-10-15(17)19(14-8-2-1-3-9-14)16-11-5-7-13-18(16)20/h1-3,8-9H,4-7,10-13H2. The number of hydrogen-bond donors (Lipinski definition) is 0. The molecule has 0 N–H and O–H groups in total. The Labute approximate surface area is 135 Å². The van der Waals surface area contributed by atoms with Crippen molar-refractivity contribution in [2.24, 2.45) is 0 Å². The summed E-state index contributed by atoms with van der Waals surface area (Å²) in [5.74, 6) is 0. The molecular weight excluding hydrogens is 320 g/mol. The van der Waals surface area contributed by atoms with E-state index in [0.29, 0.717) is 0 Å². The monoisotopic (exact) mass is 340 g/mol. The number of halogens is 1. The highest BCUT2D eigenvalue weighted by Gasteiger charge is 2.26. The minimum Gasteiger partial charge on any atom is -0.0622 e. The van der Waals surface area contributed by atoms with E-state index in [1.54, 1.807) is 27.8 Å². The molecular formula is C20H21Br. The Kier molecular flexibility index (Phi) is 3.62. The normalized spacial score (nSPS) is 17.2. The van der Waals surface area contributed by atoms with Gasteiger partial charge in [-0.05, 0) is 84.7 Å². The van der Waals surface area contributed by atoms with Crippen molar-refractivity contribution in [1.82, 2.24) is 0 Å². The van der Waals surface area contributed by atoms with E-state index in [2.05, 4.69) is 46.3 Å². The third-order valence-electron chi connectivity index (χ3n) is 5.13. The molecule has 4 rings (SSSR count). The van der Waals surface area contributed by atoms with Crippen LogP contribution in [0.5, 0.6) is 0 Å². The lowest BCUT2D eigenvalue weighted by atomic mass is 9.77. The Balaban J connectivity index is 2.03. The van der Waals surface area contributed by atoms with E-state index >= 15 is 0 Å². The van der Waals surface area contributed by atoms with Gasteiger partial charge >= 0.3 is 0 Å². The van der Waals surface area contributed by atoms with Crippen LogP contribution in [0.4, 0.5) is 0 Å². The van der Waals surface area contributed by atoms with Crippen molar-refractivity contribution in [2.75, 3.05) is 0 Å². The van der Waals surface area contributed by atoms with Crippen molar-refractivity contribution in [3.8, 4) is 11.1 Å². The zero-order valence-corrected chi connectivity index (χ0v) is 14.0. The van der Waals surface area contributed by atoms with Gasteiger partial charge in [0.05, 0.1) is 0 Å². The van der Waals surface area contributed by atoms with Gasteiger partial charge in [-0.3, -0.25) is 0 Å². The number of benzene rings is 2. The lowest BCUT2D eigenvalue weighted by Gasteiger charge is -2.29. The molecule has 21 heavy (non-hydrogen) atoms. The summed E-state index contributed by atoms with van der Waals surface area (Å²) < 4.78 is 1.45. The van der Waals surface area contributed by atoms with Crippen LogP contribution >= 0.6 is 15.9 Å². The van der Waals surface area contributed by atoms with E-state index < -0.39 is 0 Å². The predicted octanol–water partition coefficient (Wildman–Crippen LogP) is 5.87. The van der Waals surface area contributed by atoms with Gasteiger partial charge in [0.15, 0.2) is 0 Å². The summed E-state index contributed by atoms with van der Waals surface area (Å²) in [5.41, 5.74) is 9.52. The average Bonchev–Trinajstić information content (AvgIpc) is 2.56. The van der Waals surface area contributed by atoms with Crippen molar-refractivity contribution >= 4 is 15.9 Å². The highest BCUT2D eigenvalue weighted by atomic mass is 79.9. The molecule has 2 aliphatic rings. The Bertz CT molecular complexity index is 633. The van der Waals surface area contributed by atoms with Crippen LogP contribution in [-0.4, -0.2) is 0 Å². The summed E-state index contributed by atoms with van der Waals surface area (Å²) in [4.78, 5) is 0. The first-order chi connectivity index (χ1) is 10.4. The molecule has 2 aromatic rings. The number of hydrogen-bond acceptors (Lipinski definition) is 0. The molecule has 0 aromatic heterocycles. The van der Waals surface area contributed by atoms with Crippen molar-refractivity contribution in [1.29, 1.82) is 0 Å². The Morgan fingerprint density at radius 3 is 1.62 bits per heavy atom. The van der Waals surface area contributed by atoms with Crippen molar-refractivity contribution < 1.29 is 0 Å². The van der Waals surface area contributed by atoms with Gasteiger partial charge in [-0.2, -0.15) is 0 Å². The van der Waals surface area contributed by atoms with Crippen molar-refractivity contribution in [2.45, 2.75) is 51.4 Å². The Morgan fingerprint density at radius 2 is 1.10 bits per heavy atom. The van der Waals surface area contributed by atoms with Crippen LogP contribution in [0.1, 0.15) is 47.9 Å². The average molecular weight is 341 g/mol. The van der Waals surface area contributed by atoms with Crippen LogP contribution in [0, 0.1) is 0 Å². The molecule has 0 heterocycles. The van der Waals surface area contributed by atoms with Crippen LogP contribution in [0.15, 0.2) is 34.8 Å². The Hall–Kier alpha value is -1.08. The van der Waals surface area contributed by atoms with Gasteiger partial charge in [0.25, 0.3) is 0 Å². The number of rotatable bonds is 1. The van der Waals surface area contributed by atoms with Gasteiger partial charge in [-0.25, -0.2) is 0 Å². The zero-order valence-electron chi connectivity index (χ0n) is 12.4. The summed E-state index contributed by atoms with van der Waals surface area (Å²) in [5, 5.41) is 0. The highest BCUT2D eigenvalue weighted by molar-refractivity contribution is 9.10. The summed E-state index contributed by atoms with van der Waals surface area (Å²) in [7, 11) is 0. The lowest BCUT2D eigenvalue weighted by Crippen LogP contribution is -2.14. The van der Waals surface area contributed by atoms with E-state index in [1.807, 2.05) is 0 Å². The SMILES string of the molecule is Brc1c2c(c(-c3ccccc3)c3c1CCCC3)CCCC2. The van der Waals surface area contributed by atoms with E-state index in [1.165, 1.54) is 61.4 Å². The molecule has 0 saturated carbocycles. The fourth-order valence-corrected chi connectivity index (χ4v) is 5.04. The van der Waals surface area contributed by atoms with Gasteiger partial charge in [0, 0.05) is 4.47 Å². The molecule has 0 unspecified atom stereocenters. The fourth-order valence-electron chi connectivity index (χ4n) is 4.16. The molecule has 0 nitrogen and oxygen atoms in total. The van der Waals surface area contributed by atoms with E-state index in [0.717, 1.165) is 0 Å². The van der Waals surface area contributed by atoms with Crippen LogP contribution in [0.3, 0.4) is 0 Å². The second kappa shape index (κ2) is 5.61. The topological polar surface area (TPSA) is 0 Å². The maximum absolute atomic E-state index is 3.96. The molecule has 0 atom stereocenters. The maximum atomic E-state index is 3.96. The third kappa shape index (κ3) is 2.26. The molecule has 2 aromatic carbocycles. The van der Waals surface area contributed by atoms with Gasteiger partial charge in [-0.1, -0.05) is 46.3 Å². The first kappa shape index (κ1) is 13.6. The first-order valence-electron chi connectivity index (χ1n) is 8.26. The summed E-state index contributed by atoms with van der Waals surface area (Å²) in [6.07, 6.45) is 10.4. The van der Waals surface area contributed by atoms with Gasteiger partial charge < -0.3 is 0 Å². The second-order valence-corrected chi connectivity index (χ2v) is 7.18. The van der Waals surface area contributed by atoms with Crippen LogP contribution in [0.25, 0.3) is 11.1 Å². The van der Waals surface area contributed by atoms with Crippen LogP contribution in [0.2, 0.25) is 0 Å². The molecule has 0 fully saturated rings. The van der Waals surface area contributed by atoms with Gasteiger partial charge in [-0.15, -0.1) is 0 Å². The third-order valence-corrected chi connectivity index (χ3v) is 6.09. The van der Waals surface area contributed by atoms with Crippen LogP contribution in [-0.2, 0) is 25.7 Å². The quantitative estimate of drug-likeness (QED) is 0.608. The molecule has 1 heteroatoms. The summed E-state index contributed by atoms with van der Waals surface area (Å²) in [6.45, 7) is 0. The first-order valence-corrected chi connectivity index (χ1v) is 9.06. The molecule has 0 radical (unpaired) electrons.